The van der Waals surface area contributed by atoms with Crippen LogP contribution in [0.3, 0.4) is 0 Å². The van der Waals surface area contributed by atoms with Crippen molar-refractivity contribution < 1.29 is 14.6 Å². The molecule has 2 aliphatic rings. The summed E-state index contributed by atoms with van der Waals surface area (Å²) in [6.45, 7) is 5.64. The molecule has 1 aromatic carbocycles. The van der Waals surface area contributed by atoms with E-state index in [0.717, 1.165) is 25.2 Å². The molecule has 0 bridgehead atoms. The molecule has 6 nitrogen and oxygen atoms in total. The summed E-state index contributed by atoms with van der Waals surface area (Å²) in [7, 11) is 0. The van der Waals surface area contributed by atoms with E-state index in [1.807, 2.05) is 29.4 Å². The van der Waals surface area contributed by atoms with E-state index in [1.165, 1.54) is 11.3 Å². The number of H-pyrrole nitrogens is 1. The zero-order valence-electron chi connectivity index (χ0n) is 16.3. The molecule has 2 fully saturated rings. The topological polar surface area (TPSA) is 58.0 Å². The van der Waals surface area contributed by atoms with Crippen LogP contribution in [0, 0.1) is 5.92 Å². The lowest BCUT2D eigenvalue weighted by Gasteiger charge is -2.36. The van der Waals surface area contributed by atoms with Gasteiger partial charge in [-0.2, -0.15) is 0 Å². The Kier molecular flexibility index (Phi) is 5.28. The molecule has 2 saturated heterocycles. The lowest BCUT2D eigenvalue weighted by atomic mass is 10.1. The maximum Gasteiger partial charge on any atom is 0.228 e. The zero-order chi connectivity index (χ0) is 19.5. The lowest BCUT2D eigenvalue weighted by molar-refractivity contribution is -0.377. The summed E-state index contributed by atoms with van der Waals surface area (Å²) >= 11 is 0. The van der Waals surface area contributed by atoms with Crippen molar-refractivity contribution in [2.75, 3.05) is 42.5 Å². The Balaban J connectivity index is 1.36. The molecule has 3 heterocycles. The van der Waals surface area contributed by atoms with Crippen LogP contribution in [0.4, 0.5) is 11.4 Å². The van der Waals surface area contributed by atoms with Gasteiger partial charge in [-0.3, -0.25) is 9.59 Å². The van der Waals surface area contributed by atoms with Gasteiger partial charge in [0.2, 0.25) is 11.8 Å². The van der Waals surface area contributed by atoms with Crippen molar-refractivity contribution in [3.05, 3.63) is 54.4 Å². The van der Waals surface area contributed by atoms with E-state index in [0.29, 0.717) is 26.1 Å². The maximum absolute atomic E-state index is 13.0. The minimum Gasteiger partial charge on any atom is -0.368 e. The summed E-state index contributed by atoms with van der Waals surface area (Å²) in [6.07, 6.45) is 5.11. The monoisotopic (exact) mass is 379 g/mol. The zero-order valence-corrected chi connectivity index (χ0v) is 16.3. The minimum atomic E-state index is -0.240. The molecule has 2 aromatic rings. The Labute approximate surface area is 165 Å². The van der Waals surface area contributed by atoms with Crippen molar-refractivity contribution >= 4 is 23.2 Å². The highest BCUT2D eigenvalue weighted by atomic mass is 16.2. The van der Waals surface area contributed by atoms with Gasteiger partial charge in [-0.25, -0.2) is 4.98 Å². The molecule has 1 aromatic heterocycles. The van der Waals surface area contributed by atoms with Gasteiger partial charge in [0.25, 0.3) is 0 Å². The minimum absolute atomic E-state index is 0.0433. The second-order valence-electron chi connectivity index (χ2n) is 7.50. The molecular weight excluding hydrogens is 352 g/mol. The molecule has 0 aliphatic carbocycles. The summed E-state index contributed by atoms with van der Waals surface area (Å²) in [6, 6.07) is 12.2. The SMILES string of the molecule is CCc1ccc(N2C[C@@H](C(=O)N3CCN(c4cc[nH+]cc4)CC3)CC2=O)cc1. The van der Waals surface area contributed by atoms with Crippen LogP contribution in [0.1, 0.15) is 18.9 Å². The number of aromatic nitrogens is 1. The normalized spacial score (nSPS) is 20.0. The summed E-state index contributed by atoms with van der Waals surface area (Å²) in [5.74, 6) is -0.0833. The standard InChI is InChI=1S/C22H26N4O2/c1-2-17-3-5-20(6-4-17)26-16-18(15-21(26)27)22(28)25-13-11-24(12-14-25)19-7-9-23-10-8-19/h3-10,18H,2,11-16H2,1H3/p+1/t18-/m0/s1. The van der Waals surface area contributed by atoms with Crippen LogP contribution in [-0.4, -0.2) is 49.4 Å². The quantitative estimate of drug-likeness (QED) is 0.813. The van der Waals surface area contributed by atoms with Gasteiger partial charge in [0.05, 0.1) is 5.92 Å². The first-order valence-corrected chi connectivity index (χ1v) is 10.0. The average Bonchev–Trinajstić information content (AvgIpc) is 3.15. The summed E-state index contributed by atoms with van der Waals surface area (Å²) in [5.41, 5.74) is 3.31. The van der Waals surface area contributed by atoms with Gasteiger partial charge in [-0.05, 0) is 24.1 Å². The Morgan fingerprint density at radius 1 is 1.00 bits per heavy atom. The summed E-state index contributed by atoms with van der Waals surface area (Å²) in [5, 5.41) is 0. The van der Waals surface area contributed by atoms with Crippen LogP contribution in [0.15, 0.2) is 48.8 Å². The molecule has 2 aliphatic heterocycles. The van der Waals surface area contributed by atoms with Crippen LogP contribution in [-0.2, 0) is 16.0 Å². The van der Waals surface area contributed by atoms with E-state index in [2.05, 4.69) is 41.1 Å². The number of hydrogen-bond acceptors (Lipinski definition) is 3. The van der Waals surface area contributed by atoms with E-state index in [-0.39, 0.29) is 17.7 Å². The smallest absolute Gasteiger partial charge is 0.228 e. The number of aromatic amines is 1. The van der Waals surface area contributed by atoms with Crippen LogP contribution in [0.25, 0.3) is 0 Å². The van der Waals surface area contributed by atoms with Gasteiger partial charge in [0, 0.05) is 62.7 Å². The lowest BCUT2D eigenvalue weighted by Crippen LogP contribution is -2.50. The third-order valence-corrected chi connectivity index (χ3v) is 5.79. The second-order valence-corrected chi connectivity index (χ2v) is 7.50. The number of piperazine rings is 1. The molecule has 28 heavy (non-hydrogen) atoms. The molecule has 0 spiro atoms. The van der Waals surface area contributed by atoms with Gasteiger partial charge in [0.1, 0.15) is 0 Å². The predicted octanol–water partition coefficient (Wildman–Crippen LogP) is 1.76. The number of nitrogens with one attached hydrogen (secondary N) is 1. The number of rotatable bonds is 4. The number of carbonyl (C=O) groups is 2. The Morgan fingerprint density at radius 3 is 2.32 bits per heavy atom. The Bertz CT molecular complexity index is 829. The van der Waals surface area contributed by atoms with Crippen molar-refractivity contribution in [2.24, 2.45) is 5.92 Å². The molecule has 0 radical (unpaired) electrons. The van der Waals surface area contributed by atoms with Gasteiger partial charge >= 0.3 is 0 Å². The molecule has 146 valence electrons. The third-order valence-electron chi connectivity index (χ3n) is 5.79. The van der Waals surface area contributed by atoms with Crippen molar-refractivity contribution in [1.29, 1.82) is 0 Å². The molecule has 0 saturated carbocycles. The molecular formula is C22H27N4O2+. The van der Waals surface area contributed by atoms with E-state index in [1.54, 1.807) is 4.90 Å². The van der Waals surface area contributed by atoms with Crippen LogP contribution >= 0.6 is 0 Å². The van der Waals surface area contributed by atoms with Gasteiger partial charge < -0.3 is 14.7 Å². The predicted molar refractivity (Wildman–Crippen MR) is 108 cm³/mol. The van der Waals surface area contributed by atoms with E-state index >= 15 is 0 Å². The number of aryl methyl sites for hydroxylation is 1. The summed E-state index contributed by atoms with van der Waals surface area (Å²) in [4.78, 5) is 34.5. The number of amides is 2. The first-order valence-electron chi connectivity index (χ1n) is 10.0. The number of hydrogen-bond donors (Lipinski definition) is 0. The van der Waals surface area contributed by atoms with E-state index < -0.39 is 0 Å². The first-order chi connectivity index (χ1) is 13.7. The molecule has 4 rings (SSSR count). The van der Waals surface area contributed by atoms with Crippen LogP contribution in [0.2, 0.25) is 0 Å². The van der Waals surface area contributed by atoms with Gasteiger partial charge in [-0.15, -0.1) is 0 Å². The Hall–Kier alpha value is -2.89. The summed E-state index contributed by atoms with van der Waals surface area (Å²) < 4.78 is 0. The van der Waals surface area contributed by atoms with Gasteiger partial charge in [-0.1, -0.05) is 19.1 Å². The second kappa shape index (κ2) is 8.00. The van der Waals surface area contributed by atoms with Gasteiger partial charge in [0.15, 0.2) is 12.4 Å². The molecule has 2 amide bonds. The largest absolute Gasteiger partial charge is 0.368 e. The third kappa shape index (κ3) is 3.72. The number of benzene rings is 1. The maximum atomic E-state index is 13.0. The van der Waals surface area contributed by atoms with E-state index in [4.69, 9.17) is 0 Å². The number of pyridine rings is 1. The van der Waals surface area contributed by atoms with Crippen LogP contribution in [0.5, 0.6) is 0 Å². The average molecular weight is 379 g/mol. The number of nitrogens with zero attached hydrogens (tertiary/aromatic N) is 3. The first kappa shape index (κ1) is 18.5. The molecule has 0 unspecified atom stereocenters. The van der Waals surface area contributed by atoms with E-state index in [9.17, 15) is 9.59 Å². The van der Waals surface area contributed by atoms with Crippen molar-refractivity contribution in [3.8, 4) is 0 Å². The van der Waals surface area contributed by atoms with Crippen molar-refractivity contribution in [3.63, 3.8) is 0 Å². The fourth-order valence-corrected chi connectivity index (χ4v) is 4.07. The highest BCUT2D eigenvalue weighted by Crippen LogP contribution is 2.27. The molecule has 1 N–H and O–H groups in total. The van der Waals surface area contributed by atoms with Crippen molar-refractivity contribution in [1.82, 2.24) is 4.90 Å². The Morgan fingerprint density at radius 2 is 1.68 bits per heavy atom. The molecule has 1 atom stereocenters. The fourth-order valence-electron chi connectivity index (χ4n) is 4.07. The fraction of sp³-hybridized carbons (Fsp3) is 0.409. The number of carbonyl (C=O) groups excluding carboxylic acids is 2. The highest BCUT2D eigenvalue weighted by molar-refractivity contribution is 6.00. The highest BCUT2D eigenvalue weighted by Gasteiger charge is 2.37. The molecule has 6 heteroatoms. The number of anilines is 2. The van der Waals surface area contributed by atoms with Crippen LogP contribution < -0.4 is 14.8 Å². The van der Waals surface area contributed by atoms with Crippen molar-refractivity contribution in [2.45, 2.75) is 19.8 Å².